The van der Waals surface area contributed by atoms with Gasteiger partial charge in [0.2, 0.25) is 0 Å². The van der Waals surface area contributed by atoms with Gasteiger partial charge >= 0.3 is 0 Å². The predicted molar refractivity (Wildman–Crippen MR) is 72.7 cm³/mol. The van der Waals surface area contributed by atoms with Gasteiger partial charge < -0.3 is 10.1 Å². The summed E-state index contributed by atoms with van der Waals surface area (Å²) in [4.78, 5) is 0. The monoisotopic (exact) mass is 251 g/mol. The van der Waals surface area contributed by atoms with E-state index in [1.54, 1.807) is 7.11 Å². The topological polar surface area (TPSA) is 39.1 Å². The smallest absolute Gasteiger partial charge is 0.0658 e. The van der Waals surface area contributed by atoms with Crippen LogP contribution in [0, 0.1) is 5.92 Å². The van der Waals surface area contributed by atoms with E-state index in [0.717, 1.165) is 25.7 Å². The molecule has 2 atom stereocenters. The molecule has 1 heterocycles. The minimum atomic E-state index is 0.524. The Morgan fingerprint density at radius 1 is 1.50 bits per heavy atom. The number of aromatic nitrogens is 2. The van der Waals surface area contributed by atoms with Crippen molar-refractivity contribution in [2.45, 2.75) is 45.2 Å². The molecule has 2 unspecified atom stereocenters. The number of ether oxygens (including phenoxy) is 1. The van der Waals surface area contributed by atoms with Crippen LogP contribution in [0.2, 0.25) is 0 Å². The third-order valence-corrected chi connectivity index (χ3v) is 3.88. The van der Waals surface area contributed by atoms with E-state index < -0.39 is 0 Å². The third kappa shape index (κ3) is 3.56. The van der Waals surface area contributed by atoms with Gasteiger partial charge in [-0.15, -0.1) is 0 Å². The van der Waals surface area contributed by atoms with Crippen molar-refractivity contribution >= 4 is 0 Å². The second kappa shape index (κ2) is 6.34. The van der Waals surface area contributed by atoms with E-state index in [1.165, 1.54) is 18.5 Å². The van der Waals surface area contributed by atoms with Crippen molar-refractivity contribution in [2.24, 2.45) is 5.92 Å². The minimum absolute atomic E-state index is 0.524. The predicted octanol–water partition coefficient (Wildman–Crippen LogP) is 2.02. The summed E-state index contributed by atoms with van der Waals surface area (Å²) < 4.78 is 7.20. The van der Waals surface area contributed by atoms with Crippen molar-refractivity contribution in [3.05, 3.63) is 18.0 Å². The summed E-state index contributed by atoms with van der Waals surface area (Å²) in [6.45, 7) is 7.26. The van der Waals surface area contributed by atoms with Gasteiger partial charge in [0.05, 0.1) is 13.2 Å². The van der Waals surface area contributed by atoms with Crippen LogP contribution in [-0.2, 0) is 11.3 Å². The Kier molecular flexibility index (Phi) is 4.78. The number of rotatable bonds is 8. The highest BCUT2D eigenvalue weighted by atomic mass is 16.5. The Labute approximate surface area is 110 Å². The first-order chi connectivity index (χ1) is 8.72. The Bertz CT molecular complexity index is 360. The van der Waals surface area contributed by atoms with E-state index >= 15 is 0 Å². The lowest BCUT2D eigenvalue weighted by Crippen LogP contribution is -2.27. The Morgan fingerprint density at radius 3 is 2.94 bits per heavy atom. The van der Waals surface area contributed by atoms with Crippen LogP contribution >= 0.6 is 0 Å². The summed E-state index contributed by atoms with van der Waals surface area (Å²) in [6.07, 6.45) is 4.60. The number of nitrogens with one attached hydrogen (secondary N) is 1. The molecular formula is C14H25N3O. The highest BCUT2D eigenvalue weighted by Gasteiger charge is 2.23. The molecule has 1 saturated carbocycles. The molecule has 0 amide bonds. The van der Waals surface area contributed by atoms with Crippen molar-refractivity contribution in [1.82, 2.24) is 15.1 Å². The number of nitrogens with zero attached hydrogens (tertiary/aromatic N) is 2. The molecule has 4 nitrogen and oxygen atoms in total. The molecule has 1 aromatic heterocycles. The zero-order chi connectivity index (χ0) is 13.0. The van der Waals surface area contributed by atoms with Gasteiger partial charge in [-0.1, -0.05) is 13.8 Å². The largest absolute Gasteiger partial charge is 0.383 e. The van der Waals surface area contributed by atoms with Crippen LogP contribution in [0.15, 0.2) is 12.3 Å². The fraction of sp³-hybridized carbons (Fsp3) is 0.786. The summed E-state index contributed by atoms with van der Waals surface area (Å²) in [6, 6.07) is 2.92. The summed E-state index contributed by atoms with van der Waals surface area (Å²) in [7, 11) is 1.73. The van der Waals surface area contributed by atoms with Crippen molar-refractivity contribution in [3.8, 4) is 0 Å². The van der Waals surface area contributed by atoms with Crippen LogP contribution in [0.1, 0.15) is 38.3 Å². The van der Waals surface area contributed by atoms with Crippen LogP contribution in [0.25, 0.3) is 0 Å². The second-order valence-electron chi connectivity index (χ2n) is 5.42. The average molecular weight is 251 g/mol. The molecule has 1 aliphatic carbocycles. The highest BCUT2D eigenvalue weighted by molar-refractivity contribution is 5.08. The maximum absolute atomic E-state index is 5.12. The van der Waals surface area contributed by atoms with E-state index in [4.69, 9.17) is 4.74 Å². The molecule has 0 bridgehead atoms. The number of hydrogen-bond acceptors (Lipinski definition) is 3. The molecule has 102 valence electrons. The second-order valence-corrected chi connectivity index (χ2v) is 5.42. The van der Waals surface area contributed by atoms with Gasteiger partial charge in [0.15, 0.2) is 0 Å². The SMILES string of the molecule is COCCn1nccc1C(C)C(C)CNC1CC1. The van der Waals surface area contributed by atoms with Gasteiger partial charge in [0.25, 0.3) is 0 Å². The highest BCUT2D eigenvalue weighted by Crippen LogP contribution is 2.25. The zero-order valence-corrected chi connectivity index (χ0v) is 11.7. The van der Waals surface area contributed by atoms with E-state index in [-0.39, 0.29) is 0 Å². The van der Waals surface area contributed by atoms with E-state index in [1.807, 2.05) is 6.20 Å². The molecule has 1 aromatic rings. The summed E-state index contributed by atoms with van der Waals surface area (Å²) in [5, 5.41) is 7.99. The van der Waals surface area contributed by atoms with Crippen LogP contribution in [-0.4, -0.2) is 36.1 Å². The summed E-state index contributed by atoms with van der Waals surface area (Å²) >= 11 is 0. The first-order valence-electron chi connectivity index (χ1n) is 6.96. The lowest BCUT2D eigenvalue weighted by atomic mass is 9.92. The fourth-order valence-corrected chi connectivity index (χ4v) is 2.20. The molecule has 0 saturated heterocycles. The van der Waals surface area contributed by atoms with E-state index in [0.29, 0.717) is 11.8 Å². The van der Waals surface area contributed by atoms with Gasteiger partial charge in [-0.2, -0.15) is 5.10 Å². The van der Waals surface area contributed by atoms with Crippen LogP contribution < -0.4 is 5.32 Å². The molecule has 2 rings (SSSR count). The molecule has 1 fully saturated rings. The molecule has 4 heteroatoms. The van der Waals surface area contributed by atoms with Crippen molar-refractivity contribution < 1.29 is 4.74 Å². The van der Waals surface area contributed by atoms with Gasteiger partial charge in [0, 0.05) is 31.0 Å². The molecular weight excluding hydrogens is 226 g/mol. The van der Waals surface area contributed by atoms with Crippen molar-refractivity contribution in [2.75, 3.05) is 20.3 Å². The van der Waals surface area contributed by atoms with Crippen LogP contribution in [0.5, 0.6) is 0 Å². The fourth-order valence-electron chi connectivity index (χ4n) is 2.20. The van der Waals surface area contributed by atoms with Crippen LogP contribution in [0.4, 0.5) is 0 Å². The molecule has 0 spiro atoms. The Morgan fingerprint density at radius 2 is 2.28 bits per heavy atom. The quantitative estimate of drug-likeness (QED) is 0.768. The number of hydrogen-bond donors (Lipinski definition) is 1. The lowest BCUT2D eigenvalue weighted by Gasteiger charge is -2.21. The maximum Gasteiger partial charge on any atom is 0.0658 e. The van der Waals surface area contributed by atoms with Gasteiger partial charge in [-0.05, 0) is 31.4 Å². The van der Waals surface area contributed by atoms with E-state index in [9.17, 15) is 0 Å². The first-order valence-corrected chi connectivity index (χ1v) is 6.96. The Balaban J connectivity index is 1.89. The average Bonchev–Trinajstić information content (AvgIpc) is 3.09. The molecule has 18 heavy (non-hydrogen) atoms. The Hall–Kier alpha value is -0.870. The summed E-state index contributed by atoms with van der Waals surface area (Å²) in [5.74, 6) is 1.15. The van der Waals surface area contributed by atoms with Gasteiger partial charge in [0.1, 0.15) is 0 Å². The minimum Gasteiger partial charge on any atom is -0.383 e. The molecule has 0 aromatic carbocycles. The van der Waals surface area contributed by atoms with E-state index in [2.05, 4.69) is 35.0 Å². The molecule has 0 radical (unpaired) electrons. The standard InChI is InChI=1S/C14H25N3O/c1-11(10-15-13-4-5-13)12(2)14-6-7-16-17(14)8-9-18-3/h6-7,11-13,15H,4-5,8-10H2,1-3H3. The molecule has 1 aliphatic rings. The van der Waals surface area contributed by atoms with Gasteiger partial charge in [-0.25, -0.2) is 0 Å². The first kappa shape index (κ1) is 13.6. The maximum atomic E-state index is 5.12. The zero-order valence-electron chi connectivity index (χ0n) is 11.7. The molecule has 1 N–H and O–H groups in total. The third-order valence-electron chi connectivity index (χ3n) is 3.88. The normalized spacial score (nSPS) is 18.8. The van der Waals surface area contributed by atoms with Gasteiger partial charge in [-0.3, -0.25) is 4.68 Å². The van der Waals surface area contributed by atoms with Crippen LogP contribution in [0.3, 0.4) is 0 Å². The van der Waals surface area contributed by atoms with Crippen molar-refractivity contribution in [3.63, 3.8) is 0 Å². The molecule has 0 aliphatic heterocycles. The number of methoxy groups -OCH3 is 1. The lowest BCUT2D eigenvalue weighted by molar-refractivity contribution is 0.181. The van der Waals surface area contributed by atoms with Crippen molar-refractivity contribution in [1.29, 1.82) is 0 Å². The summed E-state index contributed by atoms with van der Waals surface area (Å²) in [5.41, 5.74) is 1.32.